The van der Waals surface area contributed by atoms with Crippen molar-refractivity contribution in [1.29, 1.82) is 0 Å². The van der Waals surface area contributed by atoms with Crippen LogP contribution >= 0.6 is 0 Å². The number of aromatic nitrogens is 5. The van der Waals surface area contributed by atoms with Crippen LogP contribution in [0.25, 0.3) is 17.1 Å². The van der Waals surface area contributed by atoms with Gasteiger partial charge in [0.15, 0.2) is 11.5 Å². The molecule has 0 fully saturated rings. The summed E-state index contributed by atoms with van der Waals surface area (Å²) < 4.78 is 19.9. The molecular formula is C18H15FN6O2. The highest BCUT2D eigenvalue weighted by Gasteiger charge is 2.14. The van der Waals surface area contributed by atoms with E-state index in [-0.39, 0.29) is 18.1 Å². The van der Waals surface area contributed by atoms with Gasteiger partial charge in [0, 0.05) is 23.9 Å². The quantitative estimate of drug-likeness (QED) is 0.583. The van der Waals surface area contributed by atoms with Crippen LogP contribution in [0.15, 0.2) is 47.1 Å². The fraction of sp³-hybridized carbons (Fsp3) is 0.167. The molecule has 3 aromatic heterocycles. The molecule has 0 radical (unpaired) electrons. The van der Waals surface area contributed by atoms with Crippen molar-refractivity contribution in [1.82, 2.24) is 24.7 Å². The Kier molecular flexibility index (Phi) is 4.33. The van der Waals surface area contributed by atoms with Gasteiger partial charge in [-0.3, -0.25) is 9.20 Å². The lowest BCUT2D eigenvalue weighted by molar-refractivity contribution is -0.115. The zero-order valence-corrected chi connectivity index (χ0v) is 14.4. The molecule has 0 spiro atoms. The van der Waals surface area contributed by atoms with Gasteiger partial charge in [-0.15, -0.1) is 10.2 Å². The molecule has 0 atom stereocenters. The zero-order chi connectivity index (χ0) is 18.8. The second kappa shape index (κ2) is 6.94. The third kappa shape index (κ3) is 3.52. The SMILES string of the molecule is CCc1noc(-c2ccn3c(CC(=O)Nc4ccc(F)cc4)nnc3c2)n1. The molecule has 136 valence electrons. The minimum Gasteiger partial charge on any atom is -0.334 e. The van der Waals surface area contributed by atoms with Gasteiger partial charge in [-0.1, -0.05) is 12.1 Å². The van der Waals surface area contributed by atoms with Crippen molar-refractivity contribution in [2.45, 2.75) is 19.8 Å². The van der Waals surface area contributed by atoms with Crippen LogP contribution in [0, 0.1) is 5.82 Å². The largest absolute Gasteiger partial charge is 0.334 e. The van der Waals surface area contributed by atoms with Gasteiger partial charge in [-0.2, -0.15) is 4.98 Å². The first-order chi connectivity index (χ1) is 13.1. The maximum absolute atomic E-state index is 12.9. The number of nitrogens with one attached hydrogen (secondary N) is 1. The Balaban J connectivity index is 1.52. The lowest BCUT2D eigenvalue weighted by Crippen LogP contribution is -2.16. The lowest BCUT2D eigenvalue weighted by Gasteiger charge is -2.04. The van der Waals surface area contributed by atoms with E-state index < -0.39 is 0 Å². The van der Waals surface area contributed by atoms with E-state index in [1.54, 1.807) is 22.7 Å². The van der Waals surface area contributed by atoms with Crippen LogP contribution in [0.4, 0.5) is 10.1 Å². The normalized spacial score (nSPS) is 11.0. The van der Waals surface area contributed by atoms with Gasteiger partial charge >= 0.3 is 0 Å². The van der Waals surface area contributed by atoms with E-state index in [1.165, 1.54) is 24.3 Å². The van der Waals surface area contributed by atoms with Crippen molar-refractivity contribution in [3.63, 3.8) is 0 Å². The van der Waals surface area contributed by atoms with E-state index in [1.807, 2.05) is 6.92 Å². The summed E-state index contributed by atoms with van der Waals surface area (Å²) in [6.45, 7) is 1.94. The summed E-state index contributed by atoms with van der Waals surface area (Å²) >= 11 is 0. The second-order valence-corrected chi connectivity index (χ2v) is 5.86. The summed E-state index contributed by atoms with van der Waals surface area (Å²) in [6.07, 6.45) is 2.46. The Morgan fingerprint density at radius 2 is 2.04 bits per heavy atom. The molecule has 3 heterocycles. The molecule has 0 aliphatic carbocycles. The van der Waals surface area contributed by atoms with Crippen LogP contribution in [-0.4, -0.2) is 30.6 Å². The fourth-order valence-corrected chi connectivity index (χ4v) is 2.59. The first kappa shape index (κ1) is 16.8. The van der Waals surface area contributed by atoms with E-state index in [2.05, 4.69) is 25.7 Å². The van der Waals surface area contributed by atoms with Crippen LogP contribution in [-0.2, 0) is 17.6 Å². The lowest BCUT2D eigenvalue weighted by atomic mass is 10.2. The predicted octanol–water partition coefficient (Wildman–Crippen LogP) is 2.66. The summed E-state index contributed by atoms with van der Waals surface area (Å²) in [5, 5.41) is 14.7. The Bertz CT molecular complexity index is 1100. The van der Waals surface area contributed by atoms with Crippen LogP contribution in [0.2, 0.25) is 0 Å². The first-order valence-electron chi connectivity index (χ1n) is 8.34. The number of hydrogen-bond donors (Lipinski definition) is 1. The van der Waals surface area contributed by atoms with Crippen molar-refractivity contribution in [3.05, 3.63) is 60.1 Å². The molecule has 27 heavy (non-hydrogen) atoms. The molecule has 1 N–H and O–H groups in total. The van der Waals surface area contributed by atoms with Gasteiger partial charge in [0.1, 0.15) is 11.6 Å². The van der Waals surface area contributed by atoms with Crippen molar-refractivity contribution in [2.24, 2.45) is 0 Å². The molecule has 0 saturated heterocycles. The molecule has 8 nitrogen and oxygen atoms in total. The fourth-order valence-electron chi connectivity index (χ4n) is 2.59. The predicted molar refractivity (Wildman–Crippen MR) is 94.4 cm³/mol. The first-order valence-corrected chi connectivity index (χ1v) is 8.34. The number of hydrogen-bond acceptors (Lipinski definition) is 6. The number of anilines is 1. The minimum absolute atomic E-state index is 0.0262. The molecule has 1 amide bonds. The van der Waals surface area contributed by atoms with Crippen molar-refractivity contribution < 1.29 is 13.7 Å². The van der Waals surface area contributed by atoms with E-state index in [0.29, 0.717) is 35.3 Å². The summed E-state index contributed by atoms with van der Waals surface area (Å²) in [4.78, 5) is 16.5. The average molecular weight is 366 g/mol. The third-order valence-electron chi connectivity index (χ3n) is 3.96. The maximum Gasteiger partial charge on any atom is 0.258 e. The summed E-state index contributed by atoms with van der Waals surface area (Å²) in [5.41, 5.74) is 1.80. The minimum atomic E-state index is -0.362. The number of nitrogens with zero attached hydrogens (tertiary/aromatic N) is 5. The maximum atomic E-state index is 12.9. The van der Waals surface area contributed by atoms with Crippen LogP contribution in [0.5, 0.6) is 0 Å². The van der Waals surface area contributed by atoms with E-state index in [4.69, 9.17) is 4.52 Å². The van der Waals surface area contributed by atoms with Crippen molar-refractivity contribution in [3.8, 4) is 11.5 Å². The van der Waals surface area contributed by atoms with E-state index in [9.17, 15) is 9.18 Å². The Hall–Kier alpha value is -3.62. The van der Waals surface area contributed by atoms with Gasteiger partial charge in [0.05, 0.1) is 6.42 Å². The van der Waals surface area contributed by atoms with Gasteiger partial charge in [0.25, 0.3) is 5.89 Å². The smallest absolute Gasteiger partial charge is 0.258 e. The molecule has 4 rings (SSSR count). The number of rotatable bonds is 5. The number of carbonyl (C=O) groups is 1. The van der Waals surface area contributed by atoms with E-state index in [0.717, 1.165) is 5.56 Å². The molecule has 0 aliphatic rings. The molecule has 9 heteroatoms. The number of benzene rings is 1. The Morgan fingerprint density at radius 1 is 1.22 bits per heavy atom. The number of aryl methyl sites for hydroxylation is 1. The van der Waals surface area contributed by atoms with Crippen LogP contribution in [0.3, 0.4) is 0 Å². The number of amides is 1. The highest BCUT2D eigenvalue weighted by molar-refractivity contribution is 5.91. The monoisotopic (exact) mass is 366 g/mol. The molecule has 1 aromatic carbocycles. The number of pyridine rings is 1. The Morgan fingerprint density at radius 3 is 2.78 bits per heavy atom. The standard InChI is InChI=1S/C18H15FN6O2/c1-2-14-21-18(27-24-14)11-7-8-25-15(9-11)22-23-16(25)10-17(26)20-13-5-3-12(19)4-6-13/h3-9H,2,10H2,1H3,(H,20,26). The highest BCUT2D eigenvalue weighted by Crippen LogP contribution is 2.19. The summed E-state index contributed by atoms with van der Waals surface area (Å²) in [7, 11) is 0. The third-order valence-corrected chi connectivity index (χ3v) is 3.96. The van der Waals surface area contributed by atoms with E-state index >= 15 is 0 Å². The van der Waals surface area contributed by atoms with Gasteiger partial charge < -0.3 is 9.84 Å². The molecule has 4 aromatic rings. The number of halogens is 1. The van der Waals surface area contributed by atoms with Crippen molar-refractivity contribution >= 4 is 17.2 Å². The molecule has 0 bridgehead atoms. The summed E-state index contributed by atoms with van der Waals surface area (Å²) in [5.74, 6) is 0.886. The molecule has 0 aliphatic heterocycles. The van der Waals surface area contributed by atoms with Crippen molar-refractivity contribution in [2.75, 3.05) is 5.32 Å². The summed E-state index contributed by atoms with van der Waals surface area (Å²) in [6, 6.07) is 9.12. The van der Waals surface area contributed by atoms with Gasteiger partial charge in [0.2, 0.25) is 5.91 Å². The topological polar surface area (TPSA) is 98.2 Å². The Labute approximate surface area is 153 Å². The van der Waals surface area contributed by atoms with Gasteiger partial charge in [-0.25, -0.2) is 4.39 Å². The highest BCUT2D eigenvalue weighted by atomic mass is 19.1. The average Bonchev–Trinajstić information content (AvgIpc) is 3.30. The second-order valence-electron chi connectivity index (χ2n) is 5.86. The molecule has 0 unspecified atom stereocenters. The molecular weight excluding hydrogens is 351 g/mol. The number of fused-ring (bicyclic) bond motifs is 1. The van der Waals surface area contributed by atoms with Crippen LogP contribution in [0.1, 0.15) is 18.6 Å². The number of carbonyl (C=O) groups excluding carboxylic acids is 1. The van der Waals surface area contributed by atoms with Gasteiger partial charge in [-0.05, 0) is 36.4 Å². The molecule has 0 saturated carbocycles. The zero-order valence-electron chi connectivity index (χ0n) is 14.4. The van der Waals surface area contributed by atoms with Crippen LogP contribution < -0.4 is 5.32 Å².